The first-order chi connectivity index (χ1) is 13.2. The number of hydrogen-bond acceptors (Lipinski definition) is 2. The first-order valence-corrected chi connectivity index (χ1v) is 9.50. The van der Waals surface area contributed by atoms with Crippen LogP contribution >= 0.6 is 0 Å². The van der Waals surface area contributed by atoms with Crippen LogP contribution < -0.4 is 10.2 Å². The van der Waals surface area contributed by atoms with Gasteiger partial charge in [-0.2, -0.15) is 0 Å². The lowest BCUT2D eigenvalue weighted by Crippen LogP contribution is -2.29. The number of benzene rings is 2. The van der Waals surface area contributed by atoms with Crippen LogP contribution in [0, 0.1) is 6.92 Å². The van der Waals surface area contributed by atoms with Crippen molar-refractivity contribution in [1.29, 1.82) is 0 Å². The summed E-state index contributed by atoms with van der Waals surface area (Å²) in [5.74, 6) is 0.0521. The third-order valence-electron chi connectivity index (χ3n) is 5.98. The second-order valence-corrected chi connectivity index (χ2v) is 7.60. The summed E-state index contributed by atoms with van der Waals surface area (Å²) in [5.41, 5.74) is 8.82. The number of H-pyrrole nitrogens is 2. The number of carbonyl (C=O) groups is 1. The van der Waals surface area contributed by atoms with Crippen molar-refractivity contribution in [2.75, 3.05) is 23.3 Å². The van der Waals surface area contributed by atoms with E-state index in [1.807, 2.05) is 11.0 Å². The number of hydrogen-bond donors (Lipinski definition) is 3. The van der Waals surface area contributed by atoms with Gasteiger partial charge in [-0.15, -0.1) is 0 Å². The molecule has 4 heterocycles. The number of carbonyl (C=O) groups excluding carboxylic acids is 1. The summed E-state index contributed by atoms with van der Waals surface area (Å²) >= 11 is 0. The van der Waals surface area contributed by atoms with E-state index in [1.165, 1.54) is 22.2 Å². The number of nitrogens with one attached hydrogen (secondary N) is 3. The molecule has 2 aliphatic heterocycles. The number of aryl methyl sites for hydroxylation is 1. The van der Waals surface area contributed by atoms with E-state index < -0.39 is 0 Å². The fourth-order valence-corrected chi connectivity index (χ4v) is 4.74. The summed E-state index contributed by atoms with van der Waals surface area (Å²) in [6.07, 6.45) is 1.91. The fraction of sp³-hybridized carbons (Fsp3) is 0.227. The van der Waals surface area contributed by atoms with Crippen molar-refractivity contribution in [3.8, 4) is 0 Å². The van der Waals surface area contributed by atoms with Crippen LogP contribution in [0.1, 0.15) is 27.3 Å². The van der Waals surface area contributed by atoms with Crippen molar-refractivity contribution < 1.29 is 4.79 Å². The Balaban J connectivity index is 1.43. The smallest absolute Gasteiger partial charge is 0.274 e. The summed E-state index contributed by atoms with van der Waals surface area (Å²) < 4.78 is 0. The van der Waals surface area contributed by atoms with E-state index in [0.717, 1.165) is 53.7 Å². The Kier molecular flexibility index (Phi) is 2.85. The van der Waals surface area contributed by atoms with Crippen molar-refractivity contribution in [1.82, 2.24) is 9.97 Å². The van der Waals surface area contributed by atoms with Crippen molar-refractivity contribution >= 4 is 39.1 Å². The third-order valence-corrected chi connectivity index (χ3v) is 5.98. The van der Waals surface area contributed by atoms with Gasteiger partial charge in [0.25, 0.3) is 5.91 Å². The average molecular weight is 356 g/mol. The predicted molar refractivity (Wildman–Crippen MR) is 109 cm³/mol. The van der Waals surface area contributed by atoms with E-state index in [-0.39, 0.29) is 5.91 Å². The molecular weight excluding hydrogens is 336 g/mol. The van der Waals surface area contributed by atoms with Crippen molar-refractivity contribution in [3.05, 3.63) is 58.9 Å². The standard InChI is InChI=1S/C22H20N4O/c1-12-10-15-14-7-9-26(21(14)5-4-18(15)24-12)22(27)20-11-16-13-6-8-23-17(13)2-3-19(16)25-20/h2-5,10-11,23-25H,6-9H2,1H3. The molecule has 0 fully saturated rings. The molecule has 4 aromatic rings. The fourth-order valence-electron chi connectivity index (χ4n) is 4.74. The molecule has 0 spiro atoms. The van der Waals surface area contributed by atoms with Gasteiger partial charge in [0, 0.05) is 52.0 Å². The zero-order chi connectivity index (χ0) is 18.1. The lowest BCUT2D eigenvalue weighted by atomic mass is 10.1. The van der Waals surface area contributed by atoms with Gasteiger partial charge in [-0.1, -0.05) is 0 Å². The number of anilines is 2. The van der Waals surface area contributed by atoms with Gasteiger partial charge in [-0.25, -0.2) is 0 Å². The highest BCUT2D eigenvalue weighted by atomic mass is 16.2. The van der Waals surface area contributed by atoms with Gasteiger partial charge in [-0.05, 0) is 67.3 Å². The van der Waals surface area contributed by atoms with E-state index in [1.54, 1.807) is 0 Å². The molecule has 27 heavy (non-hydrogen) atoms. The molecule has 2 aliphatic rings. The van der Waals surface area contributed by atoms with Crippen LogP contribution in [0.3, 0.4) is 0 Å². The van der Waals surface area contributed by atoms with Crippen LogP contribution in [-0.4, -0.2) is 29.0 Å². The zero-order valence-electron chi connectivity index (χ0n) is 15.1. The second kappa shape index (κ2) is 5.16. The van der Waals surface area contributed by atoms with Crippen molar-refractivity contribution in [2.24, 2.45) is 0 Å². The lowest BCUT2D eigenvalue weighted by Gasteiger charge is -2.16. The van der Waals surface area contributed by atoms with Crippen molar-refractivity contribution in [2.45, 2.75) is 19.8 Å². The Morgan fingerprint density at radius 1 is 0.963 bits per heavy atom. The van der Waals surface area contributed by atoms with Crippen LogP contribution in [0.25, 0.3) is 21.8 Å². The molecule has 5 heteroatoms. The SMILES string of the molecule is Cc1cc2c3c(ccc2[nH]1)N(C(=O)c1cc2c4c(ccc2[nH]1)NCC4)CC3. The highest BCUT2D eigenvalue weighted by Gasteiger charge is 2.28. The molecule has 0 saturated carbocycles. The van der Waals surface area contributed by atoms with Crippen molar-refractivity contribution in [3.63, 3.8) is 0 Å². The topological polar surface area (TPSA) is 63.9 Å². The van der Waals surface area contributed by atoms with E-state index in [0.29, 0.717) is 5.69 Å². The normalized spacial score (nSPS) is 15.4. The number of aromatic nitrogens is 2. The average Bonchev–Trinajstić information content (AvgIpc) is 3.41. The second-order valence-electron chi connectivity index (χ2n) is 7.60. The van der Waals surface area contributed by atoms with Crippen LogP contribution in [0.4, 0.5) is 11.4 Å². The highest BCUT2D eigenvalue weighted by molar-refractivity contribution is 6.10. The van der Waals surface area contributed by atoms with E-state index in [4.69, 9.17) is 0 Å². The molecule has 5 nitrogen and oxygen atoms in total. The Morgan fingerprint density at radius 3 is 2.70 bits per heavy atom. The predicted octanol–water partition coefficient (Wildman–Crippen LogP) is 4.13. The van der Waals surface area contributed by atoms with Crippen LogP contribution in [0.15, 0.2) is 36.4 Å². The molecule has 0 bridgehead atoms. The first kappa shape index (κ1) is 14.9. The minimum atomic E-state index is 0.0521. The van der Waals surface area contributed by atoms with Gasteiger partial charge in [-0.3, -0.25) is 4.79 Å². The minimum Gasteiger partial charge on any atom is -0.384 e. The summed E-state index contributed by atoms with van der Waals surface area (Å²) in [6, 6.07) is 12.5. The molecule has 0 saturated heterocycles. The van der Waals surface area contributed by atoms with Crippen LogP contribution in [0.5, 0.6) is 0 Å². The molecule has 2 aromatic heterocycles. The Morgan fingerprint density at radius 2 is 1.78 bits per heavy atom. The zero-order valence-corrected chi connectivity index (χ0v) is 15.1. The molecule has 134 valence electrons. The third kappa shape index (κ3) is 2.02. The van der Waals surface area contributed by atoms with E-state index >= 15 is 0 Å². The number of rotatable bonds is 1. The molecule has 2 aromatic carbocycles. The van der Waals surface area contributed by atoms with E-state index in [2.05, 4.69) is 52.5 Å². The van der Waals surface area contributed by atoms with Gasteiger partial charge in [0.2, 0.25) is 0 Å². The van der Waals surface area contributed by atoms with Gasteiger partial charge >= 0.3 is 0 Å². The highest BCUT2D eigenvalue weighted by Crippen LogP contribution is 2.36. The maximum Gasteiger partial charge on any atom is 0.274 e. The Labute approximate surface area is 156 Å². The lowest BCUT2D eigenvalue weighted by molar-refractivity contribution is 0.0985. The quantitative estimate of drug-likeness (QED) is 0.480. The number of aromatic amines is 2. The minimum absolute atomic E-state index is 0.0521. The van der Waals surface area contributed by atoms with E-state index in [9.17, 15) is 4.79 Å². The number of fused-ring (bicyclic) bond motifs is 6. The summed E-state index contributed by atoms with van der Waals surface area (Å²) in [5, 5.41) is 5.81. The largest absolute Gasteiger partial charge is 0.384 e. The van der Waals surface area contributed by atoms with Gasteiger partial charge < -0.3 is 20.2 Å². The maximum absolute atomic E-state index is 13.3. The number of nitrogens with zero attached hydrogens (tertiary/aromatic N) is 1. The molecule has 1 amide bonds. The summed E-state index contributed by atoms with van der Waals surface area (Å²) in [7, 11) is 0. The summed E-state index contributed by atoms with van der Waals surface area (Å²) in [6.45, 7) is 3.77. The molecule has 0 aliphatic carbocycles. The van der Waals surface area contributed by atoms with Crippen LogP contribution in [0.2, 0.25) is 0 Å². The summed E-state index contributed by atoms with van der Waals surface area (Å²) in [4.78, 5) is 21.9. The van der Waals surface area contributed by atoms with Gasteiger partial charge in [0.05, 0.1) is 0 Å². The Hall–Kier alpha value is -3.21. The maximum atomic E-state index is 13.3. The van der Waals surface area contributed by atoms with Gasteiger partial charge in [0.15, 0.2) is 0 Å². The first-order valence-electron chi connectivity index (χ1n) is 9.50. The van der Waals surface area contributed by atoms with Gasteiger partial charge in [0.1, 0.15) is 5.69 Å². The molecule has 3 N–H and O–H groups in total. The monoisotopic (exact) mass is 356 g/mol. The molecule has 6 rings (SSSR count). The molecular formula is C22H20N4O. The number of amides is 1. The molecule has 0 radical (unpaired) electrons. The Bertz CT molecular complexity index is 1250. The van der Waals surface area contributed by atoms with Crippen LogP contribution in [-0.2, 0) is 12.8 Å². The molecule has 0 unspecified atom stereocenters. The molecule has 0 atom stereocenters.